The molecule has 160 valence electrons. The smallest absolute Gasteiger partial charge is 0.330 e. The minimum Gasteiger partial charge on any atom is -0.448 e. The van der Waals surface area contributed by atoms with Crippen LogP contribution >= 0.6 is 0 Å². The predicted molar refractivity (Wildman–Crippen MR) is 113 cm³/mol. The Morgan fingerprint density at radius 2 is 1.84 bits per heavy atom. The highest BCUT2D eigenvalue weighted by molar-refractivity contribution is 6.04. The minimum atomic E-state index is -1.27. The molecule has 4 unspecified atom stereocenters. The Labute approximate surface area is 181 Å². The van der Waals surface area contributed by atoms with Gasteiger partial charge in [0, 0.05) is 12.0 Å². The number of benzene rings is 2. The summed E-state index contributed by atoms with van der Waals surface area (Å²) in [6.07, 6.45) is 1.26. The molecule has 4 atom stereocenters. The van der Waals surface area contributed by atoms with Gasteiger partial charge in [-0.1, -0.05) is 30.3 Å². The third-order valence-corrected chi connectivity index (χ3v) is 6.80. The summed E-state index contributed by atoms with van der Waals surface area (Å²) in [5.41, 5.74) is 0.173. The maximum atomic E-state index is 13.2. The topological polar surface area (TPSA) is 102 Å². The number of aromatic nitrogens is 2. The molecule has 4 heterocycles. The van der Waals surface area contributed by atoms with Gasteiger partial charge in [0.15, 0.2) is 11.8 Å². The molecule has 32 heavy (non-hydrogen) atoms. The van der Waals surface area contributed by atoms with E-state index in [1.165, 1.54) is 20.7 Å². The van der Waals surface area contributed by atoms with Crippen LogP contribution < -0.4 is 10.5 Å². The number of carbonyl (C=O) groups excluding carboxylic acids is 3. The summed E-state index contributed by atoms with van der Waals surface area (Å²) < 4.78 is 7.28. The molecule has 0 saturated carbocycles. The van der Waals surface area contributed by atoms with Gasteiger partial charge in [0.1, 0.15) is 12.1 Å². The molecule has 9 heteroatoms. The van der Waals surface area contributed by atoms with E-state index in [0.717, 1.165) is 0 Å². The average Bonchev–Trinajstić information content (AvgIpc) is 3.38. The molecule has 6 rings (SSSR count). The van der Waals surface area contributed by atoms with E-state index in [9.17, 15) is 19.2 Å². The summed E-state index contributed by atoms with van der Waals surface area (Å²) in [6, 6.07) is 12.5. The number of fused-ring (bicyclic) bond motifs is 6. The summed E-state index contributed by atoms with van der Waals surface area (Å²) in [4.78, 5) is 58.5. The molecule has 3 aromatic rings. The molecule has 2 saturated heterocycles. The first kappa shape index (κ1) is 18.7. The van der Waals surface area contributed by atoms with Gasteiger partial charge < -0.3 is 9.64 Å². The number of ether oxygens (including phenoxy) is 1. The van der Waals surface area contributed by atoms with Crippen LogP contribution in [-0.4, -0.2) is 44.9 Å². The van der Waals surface area contributed by atoms with Crippen LogP contribution in [0.15, 0.2) is 59.7 Å². The average molecular weight is 430 g/mol. The van der Waals surface area contributed by atoms with Crippen LogP contribution in [0.4, 0.5) is 5.69 Å². The lowest BCUT2D eigenvalue weighted by Gasteiger charge is -2.34. The van der Waals surface area contributed by atoms with Crippen molar-refractivity contribution in [3.05, 3.63) is 70.8 Å². The van der Waals surface area contributed by atoms with Crippen LogP contribution in [0.2, 0.25) is 0 Å². The van der Waals surface area contributed by atoms with E-state index in [2.05, 4.69) is 4.98 Å². The summed E-state index contributed by atoms with van der Waals surface area (Å²) in [5.74, 6) is -0.839. The van der Waals surface area contributed by atoms with Crippen LogP contribution in [0.1, 0.15) is 24.9 Å². The van der Waals surface area contributed by atoms with Gasteiger partial charge in [-0.3, -0.25) is 23.9 Å². The normalized spacial score (nSPS) is 28.3. The number of nitrogens with zero attached hydrogens (tertiary/aromatic N) is 4. The molecule has 3 aliphatic heterocycles. The van der Waals surface area contributed by atoms with E-state index in [1.807, 2.05) is 0 Å². The van der Waals surface area contributed by atoms with Gasteiger partial charge in [-0.2, -0.15) is 0 Å². The second-order valence-electron chi connectivity index (χ2n) is 8.33. The summed E-state index contributed by atoms with van der Waals surface area (Å²) in [7, 11) is 0. The number of amides is 2. The Bertz CT molecular complexity index is 1380. The number of esters is 1. The summed E-state index contributed by atoms with van der Waals surface area (Å²) in [6.45, 7) is 1.65. The maximum Gasteiger partial charge on any atom is 0.330 e. The zero-order valence-electron chi connectivity index (χ0n) is 17.0. The highest BCUT2D eigenvalue weighted by Gasteiger charge is 2.67. The Morgan fingerprint density at radius 3 is 2.66 bits per heavy atom. The standard InChI is InChI=1S/C23H18N4O5/c1-13-19(29)27-17-9-5-3-7-15(17)23(22(27)26(13)12-28)10-18(21(31)32-23)25-11-24-16-8-4-2-6-14(16)20(25)30/h2-9,11-13,18,22H,10H2,1H3. The summed E-state index contributed by atoms with van der Waals surface area (Å²) in [5, 5.41) is 0.399. The first-order chi connectivity index (χ1) is 15.5. The van der Waals surface area contributed by atoms with Gasteiger partial charge >= 0.3 is 5.97 Å². The van der Waals surface area contributed by atoms with Crippen molar-refractivity contribution in [1.82, 2.24) is 14.5 Å². The van der Waals surface area contributed by atoms with Gasteiger partial charge in [-0.05, 0) is 25.1 Å². The number of hydrogen-bond acceptors (Lipinski definition) is 6. The first-order valence-electron chi connectivity index (χ1n) is 10.3. The Hall–Kier alpha value is -4.01. The largest absolute Gasteiger partial charge is 0.448 e. The molecule has 2 aromatic carbocycles. The van der Waals surface area contributed by atoms with Crippen molar-refractivity contribution in [1.29, 1.82) is 0 Å². The SMILES string of the molecule is CC1C(=O)N2c3ccccc3C3(CC(n4cnc5ccccc5c4=O)C(=O)O3)C2N1C=O. The molecule has 1 aromatic heterocycles. The van der Waals surface area contributed by atoms with Crippen molar-refractivity contribution in [2.45, 2.75) is 37.2 Å². The Balaban J connectivity index is 1.52. The number of hydrogen-bond donors (Lipinski definition) is 0. The molecule has 3 aliphatic rings. The van der Waals surface area contributed by atoms with E-state index in [0.29, 0.717) is 28.6 Å². The predicted octanol–water partition coefficient (Wildman–Crippen LogP) is 1.31. The summed E-state index contributed by atoms with van der Waals surface area (Å²) >= 11 is 0. The van der Waals surface area contributed by atoms with Crippen molar-refractivity contribution < 1.29 is 19.1 Å². The van der Waals surface area contributed by atoms with Gasteiger partial charge in [0.05, 0.1) is 22.9 Å². The highest BCUT2D eigenvalue weighted by atomic mass is 16.6. The van der Waals surface area contributed by atoms with E-state index in [-0.39, 0.29) is 17.9 Å². The van der Waals surface area contributed by atoms with E-state index in [1.54, 1.807) is 55.5 Å². The molecule has 2 amide bonds. The number of carbonyl (C=O) groups is 3. The molecule has 9 nitrogen and oxygen atoms in total. The highest BCUT2D eigenvalue weighted by Crippen LogP contribution is 2.56. The van der Waals surface area contributed by atoms with Gasteiger partial charge in [0.25, 0.3) is 11.5 Å². The van der Waals surface area contributed by atoms with Crippen molar-refractivity contribution in [3.63, 3.8) is 0 Å². The lowest BCUT2D eigenvalue weighted by molar-refractivity contribution is -0.157. The second-order valence-corrected chi connectivity index (χ2v) is 8.33. The first-order valence-corrected chi connectivity index (χ1v) is 10.3. The molecule has 0 aliphatic carbocycles. The van der Waals surface area contributed by atoms with E-state index >= 15 is 0 Å². The van der Waals surface area contributed by atoms with Crippen molar-refractivity contribution in [3.8, 4) is 0 Å². The monoisotopic (exact) mass is 430 g/mol. The van der Waals surface area contributed by atoms with Crippen LogP contribution in [0.25, 0.3) is 10.9 Å². The lowest BCUT2D eigenvalue weighted by Crippen LogP contribution is -2.50. The van der Waals surface area contributed by atoms with Crippen molar-refractivity contribution >= 4 is 34.9 Å². The fraction of sp³-hybridized carbons (Fsp3) is 0.261. The number of para-hydroxylation sites is 2. The minimum absolute atomic E-state index is 0.0915. The third-order valence-electron chi connectivity index (χ3n) is 6.80. The van der Waals surface area contributed by atoms with Crippen molar-refractivity contribution in [2.24, 2.45) is 0 Å². The molecular formula is C23H18N4O5. The van der Waals surface area contributed by atoms with E-state index < -0.39 is 29.8 Å². The molecule has 2 fully saturated rings. The van der Waals surface area contributed by atoms with Gasteiger partial charge in [-0.15, -0.1) is 0 Å². The lowest BCUT2D eigenvalue weighted by atomic mass is 9.88. The van der Waals surface area contributed by atoms with Crippen LogP contribution in [0.5, 0.6) is 0 Å². The third kappa shape index (κ3) is 2.14. The van der Waals surface area contributed by atoms with Gasteiger partial charge in [-0.25, -0.2) is 9.78 Å². The molecule has 0 N–H and O–H groups in total. The Kier molecular flexibility index (Phi) is 3.66. The number of rotatable bonds is 2. The van der Waals surface area contributed by atoms with E-state index in [4.69, 9.17) is 4.74 Å². The quantitative estimate of drug-likeness (QED) is 0.449. The zero-order chi connectivity index (χ0) is 22.2. The van der Waals surface area contributed by atoms with Crippen LogP contribution in [0.3, 0.4) is 0 Å². The van der Waals surface area contributed by atoms with Crippen molar-refractivity contribution in [2.75, 3.05) is 4.90 Å². The number of anilines is 1. The zero-order valence-corrected chi connectivity index (χ0v) is 17.0. The van der Waals surface area contributed by atoms with Crippen LogP contribution in [0, 0.1) is 0 Å². The fourth-order valence-corrected chi connectivity index (χ4v) is 5.32. The van der Waals surface area contributed by atoms with Crippen LogP contribution in [-0.2, 0) is 24.7 Å². The Morgan fingerprint density at radius 1 is 1.09 bits per heavy atom. The second kappa shape index (κ2) is 6.25. The maximum absolute atomic E-state index is 13.2. The van der Waals surface area contributed by atoms with Gasteiger partial charge in [0.2, 0.25) is 6.41 Å². The molecule has 0 bridgehead atoms. The molecule has 1 spiro atoms. The fourth-order valence-electron chi connectivity index (χ4n) is 5.32. The molecule has 0 radical (unpaired) electrons. The molecular weight excluding hydrogens is 412 g/mol.